The van der Waals surface area contributed by atoms with Gasteiger partial charge in [-0.2, -0.15) is 0 Å². The zero-order valence-corrected chi connectivity index (χ0v) is 13.3. The third-order valence-corrected chi connectivity index (χ3v) is 4.10. The molecule has 0 spiro atoms. The van der Waals surface area contributed by atoms with Gasteiger partial charge in [-0.25, -0.2) is 4.79 Å². The first-order valence-corrected chi connectivity index (χ1v) is 8.41. The van der Waals surface area contributed by atoms with E-state index in [9.17, 15) is 9.59 Å². The predicted molar refractivity (Wildman–Crippen MR) is 83.4 cm³/mol. The summed E-state index contributed by atoms with van der Waals surface area (Å²) in [6.45, 7) is 3.58. The smallest absolute Gasteiger partial charge is 0.317 e. The largest absolute Gasteiger partial charge is 0.481 e. The quantitative estimate of drug-likeness (QED) is 0.641. The molecule has 1 saturated heterocycles. The molecule has 0 bridgehead atoms. The number of likely N-dealkylation sites (tertiary alicyclic amines) is 1. The van der Waals surface area contributed by atoms with E-state index in [-0.39, 0.29) is 18.5 Å². The number of piperidine rings is 1. The first-order chi connectivity index (χ1) is 10.1. The molecule has 1 aliphatic heterocycles. The molecule has 0 aromatic carbocycles. The van der Waals surface area contributed by atoms with Gasteiger partial charge in [0, 0.05) is 19.1 Å². The van der Waals surface area contributed by atoms with Crippen LogP contribution < -0.4 is 5.32 Å². The number of carboxylic acids is 1. The highest BCUT2D eigenvalue weighted by molar-refractivity contribution is 5.76. The third kappa shape index (κ3) is 7.34. The predicted octanol–water partition coefficient (Wildman–Crippen LogP) is 3.39. The highest BCUT2D eigenvalue weighted by Gasteiger charge is 2.28. The molecule has 1 rings (SSSR count). The Morgan fingerprint density at radius 2 is 1.86 bits per heavy atom. The van der Waals surface area contributed by atoms with Crippen molar-refractivity contribution in [2.24, 2.45) is 0 Å². The van der Waals surface area contributed by atoms with Gasteiger partial charge in [0.25, 0.3) is 0 Å². The summed E-state index contributed by atoms with van der Waals surface area (Å²) in [7, 11) is 0. The molecule has 1 unspecified atom stereocenters. The SMILES string of the molecule is CCCCCCCCNC(=O)N1CCCCC1CC(=O)O. The Bertz CT molecular complexity index is 321. The van der Waals surface area contributed by atoms with Crippen LogP contribution in [0.4, 0.5) is 4.79 Å². The molecule has 1 aliphatic rings. The van der Waals surface area contributed by atoms with E-state index in [0.717, 1.165) is 32.1 Å². The number of carbonyl (C=O) groups excluding carboxylic acids is 1. The van der Waals surface area contributed by atoms with Crippen molar-refractivity contribution >= 4 is 12.0 Å². The van der Waals surface area contributed by atoms with Crippen molar-refractivity contribution in [3.05, 3.63) is 0 Å². The second-order valence-electron chi connectivity index (χ2n) is 5.94. The lowest BCUT2D eigenvalue weighted by Crippen LogP contribution is -2.49. The number of amides is 2. The van der Waals surface area contributed by atoms with E-state index in [1.165, 1.54) is 25.7 Å². The van der Waals surface area contributed by atoms with Crippen molar-refractivity contribution in [2.45, 2.75) is 77.2 Å². The van der Waals surface area contributed by atoms with Crippen LogP contribution in [0.3, 0.4) is 0 Å². The van der Waals surface area contributed by atoms with E-state index in [0.29, 0.717) is 13.1 Å². The molecular weight excluding hydrogens is 268 g/mol. The number of nitrogens with one attached hydrogen (secondary N) is 1. The topological polar surface area (TPSA) is 69.6 Å². The summed E-state index contributed by atoms with van der Waals surface area (Å²) < 4.78 is 0. The lowest BCUT2D eigenvalue weighted by atomic mass is 10.00. The molecule has 1 fully saturated rings. The molecular formula is C16H30N2O3. The highest BCUT2D eigenvalue weighted by atomic mass is 16.4. The monoisotopic (exact) mass is 298 g/mol. The first kappa shape index (κ1) is 17.8. The fourth-order valence-corrected chi connectivity index (χ4v) is 2.88. The molecule has 0 aromatic rings. The third-order valence-electron chi connectivity index (χ3n) is 4.10. The molecule has 0 aliphatic carbocycles. The van der Waals surface area contributed by atoms with Crippen molar-refractivity contribution in [1.29, 1.82) is 0 Å². The van der Waals surface area contributed by atoms with E-state index in [2.05, 4.69) is 12.2 Å². The molecule has 5 heteroatoms. The van der Waals surface area contributed by atoms with Gasteiger partial charge in [-0.15, -0.1) is 0 Å². The minimum Gasteiger partial charge on any atom is -0.481 e. The van der Waals surface area contributed by atoms with Crippen LogP contribution in [0.15, 0.2) is 0 Å². The molecule has 21 heavy (non-hydrogen) atoms. The van der Waals surface area contributed by atoms with Crippen molar-refractivity contribution in [2.75, 3.05) is 13.1 Å². The first-order valence-electron chi connectivity index (χ1n) is 8.41. The van der Waals surface area contributed by atoms with Crippen molar-refractivity contribution in [3.8, 4) is 0 Å². The Morgan fingerprint density at radius 1 is 1.14 bits per heavy atom. The molecule has 0 saturated carbocycles. The van der Waals surface area contributed by atoms with Gasteiger partial charge in [0.2, 0.25) is 0 Å². The fraction of sp³-hybridized carbons (Fsp3) is 0.875. The molecule has 5 nitrogen and oxygen atoms in total. The van der Waals surface area contributed by atoms with Gasteiger partial charge in [0.1, 0.15) is 0 Å². The molecule has 0 radical (unpaired) electrons. The number of unbranched alkanes of at least 4 members (excludes halogenated alkanes) is 5. The summed E-state index contributed by atoms with van der Waals surface area (Å²) in [6, 6.07) is -0.227. The molecule has 122 valence electrons. The summed E-state index contributed by atoms with van der Waals surface area (Å²) >= 11 is 0. The zero-order chi connectivity index (χ0) is 15.5. The fourth-order valence-electron chi connectivity index (χ4n) is 2.88. The number of nitrogens with zero attached hydrogens (tertiary/aromatic N) is 1. The number of carbonyl (C=O) groups is 2. The van der Waals surface area contributed by atoms with E-state index in [1.54, 1.807) is 4.90 Å². The molecule has 2 N–H and O–H groups in total. The van der Waals surface area contributed by atoms with Crippen LogP contribution in [0, 0.1) is 0 Å². The summed E-state index contributed by atoms with van der Waals surface area (Å²) in [5.74, 6) is -0.823. The normalized spacial score (nSPS) is 18.5. The van der Waals surface area contributed by atoms with Crippen molar-refractivity contribution < 1.29 is 14.7 Å². The average Bonchev–Trinajstić information content (AvgIpc) is 2.46. The average molecular weight is 298 g/mol. The number of rotatable bonds is 9. The van der Waals surface area contributed by atoms with Crippen molar-refractivity contribution in [3.63, 3.8) is 0 Å². The van der Waals surface area contributed by atoms with Gasteiger partial charge >= 0.3 is 12.0 Å². The number of urea groups is 1. The zero-order valence-electron chi connectivity index (χ0n) is 13.3. The minimum atomic E-state index is -0.823. The van der Waals surface area contributed by atoms with Crippen LogP contribution in [0.1, 0.15) is 71.1 Å². The standard InChI is InChI=1S/C16H30N2O3/c1-2-3-4-5-6-8-11-17-16(21)18-12-9-7-10-14(18)13-15(19)20/h14H,2-13H2,1H3,(H,17,21)(H,19,20). The lowest BCUT2D eigenvalue weighted by molar-refractivity contribution is -0.138. The molecule has 2 amide bonds. The summed E-state index contributed by atoms with van der Waals surface area (Å²) in [5, 5.41) is 11.9. The molecule has 1 heterocycles. The Morgan fingerprint density at radius 3 is 2.57 bits per heavy atom. The van der Waals surface area contributed by atoms with Crippen LogP contribution in [-0.2, 0) is 4.79 Å². The minimum absolute atomic E-state index is 0.0600. The maximum absolute atomic E-state index is 12.1. The Balaban J connectivity index is 2.21. The Kier molecular flexibility index (Phi) is 8.87. The van der Waals surface area contributed by atoms with E-state index < -0.39 is 5.97 Å². The second-order valence-corrected chi connectivity index (χ2v) is 5.94. The van der Waals surface area contributed by atoms with Gasteiger partial charge in [-0.05, 0) is 25.7 Å². The van der Waals surface area contributed by atoms with Crippen LogP contribution in [-0.4, -0.2) is 41.1 Å². The van der Waals surface area contributed by atoms with Gasteiger partial charge in [-0.3, -0.25) is 4.79 Å². The maximum atomic E-state index is 12.1. The number of hydrogen-bond acceptors (Lipinski definition) is 2. The lowest BCUT2D eigenvalue weighted by Gasteiger charge is -2.34. The second kappa shape index (κ2) is 10.5. The van der Waals surface area contributed by atoms with E-state index in [1.807, 2.05) is 0 Å². The van der Waals surface area contributed by atoms with Crippen LogP contribution >= 0.6 is 0 Å². The van der Waals surface area contributed by atoms with Crippen LogP contribution in [0.5, 0.6) is 0 Å². The van der Waals surface area contributed by atoms with Crippen LogP contribution in [0.2, 0.25) is 0 Å². The van der Waals surface area contributed by atoms with Gasteiger partial charge < -0.3 is 15.3 Å². The summed E-state index contributed by atoms with van der Waals surface area (Å²) in [5.41, 5.74) is 0. The van der Waals surface area contributed by atoms with Crippen molar-refractivity contribution in [1.82, 2.24) is 10.2 Å². The number of carboxylic acid groups (broad SMARTS) is 1. The highest BCUT2D eigenvalue weighted by Crippen LogP contribution is 2.19. The summed E-state index contributed by atoms with van der Waals surface area (Å²) in [6.07, 6.45) is 10.0. The Hall–Kier alpha value is -1.26. The Labute approximate surface area is 128 Å². The van der Waals surface area contributed by atoms with Crippen LogP contribution in [0.25, 0.3) is 0 Å². The maximum Gasteiger partial charge on any atom is 0.317 e. The van der Waals surface area contributed by atoms with E-state index in [4.69, 9.17) is 5.11 Å². The van der Waals surface area contributed by atoms with E-state index >= 15 is 0 Å². The van der Waals surface area contributed by atoms with Gasteiger partial charge in [-0.1, -0.05) is 39.0 Å². The number of aliphatic carboxylic acids is 1. The summed E-state index contributed by atoms with van der Waals surface area (Å²) in [4.78, 5) is 24.7. The van der Waals surface area contributed by atoms with Gasteiger partial charge in [0.05, 0.1) is 6.42 Å². The molecule has 1 atom stereocenters. The molecule has 0 aromatic heterocycles. The van der Waals surface area contributed by atoms with Gasteiger partial charge in [0.15, 0.2) is 0 Å². The number of hydrogen-bond donors (Lipinski definition) is 2.